The van der Waals surface area contributed by atoms with Gasteiger partial charge >= 0.3 is 5.97 Å². The second-order valence-corrected chi connectivity index (χ2v) is 5.81. The van der Waals surface area contributed by atoms with Gasteiger partial charge in [-0.15, -0.1) is 0 Å². The molecule has 4 heteroatoms. The van der Waals surface area contributed by atoms with Gasteiger partial charge in [0, 0.05) is 17.6 Å². The number of rotatable bonds is 7. The Labute approximate surface area is 126 Å². The SMILES string of the molecule is CCC(CC)(CN(C)C(C)c1ccccc1Cl)C(=O)O. The molecule has 0 aliphatic heterocycles. The quantitative estimate of drug-likeness (QED) is 0.819. The topological polar surface area (TPSA) is 40.5 Å². The fourth-order valence-electron chi connectivity index (χ4n) is 2.51. The number of hydrogen-bond donors (Lipinski definition) is 1. The Hall–Kier alpha value is -1.06. The second kappa shape index (κ2) is 7.09. The third kappa shape index (κ3) is 3.53. The Morgan fingerprint density at radius 1 is 1.35 bits per heavy atom. The lowest BCUT2D eigenvalue weighted by Gasteiger charge is -2.35. The maximum Gasteiger partial charge on any atom is 0.310 e. The van der Waals surface area contributed by atoms with E-state index in [0.717, 1.165) is 10.6 Å². The van der Waals surface area contributed by atoms with E-state index >= 15 is 0 Å². The van der Waals surface area contributed by atoms with Crippen LogP contribution < -0.4 is 0 Å². The van der Waals surface area contributed by atoms with Crippen LogP contribution in [0.25, 0.3) is 0 Å². The van der Waals surface area contributed by atoms with Gasteiger partial charge in [0.05, 0.1) is 5.41 Å². The zero-order valence-corrected chi connectivity index (χ0v) is 13.4. The van der Waals surface area contributed by atoms with Gasteiger partial charge in [-0.1, -0.05) is 43.6 Å². The summed E-state index contributed by atoms with van der Waals surface area (Å²) in [6.07, 6.45) is 1.25. The van der Waals surface area contributed by atoms with Crippen LogP contribution in [0.5, 0.6) is 0 Å². The largest absolute Gasteiger partial charge is 0.481 e. The average molecular weight is 298 g/mol. The van der Waals surface area contributed by atoms with Crippen molar-refractivity contribution >= 4 is 17.6 Å². The molecule has 0 aliphatic carbocycles. The van der Waals surface area contributed by atoms with Crippen molar-refractivity contribution in [3.8, 4) is 0 Å². The van der Waals surface area contributed by atoms with Gasteiger partial charge in [0.2, 0.25) is 0 Å². The molecule has 1 aromatic carbocycles. The minimum absolute atomic E-state index is 0.0838. The van der Waals surface area contributed by atoms with E-state index in [-0.39, 0.29) is 6.04 Å². The van der Waals surface area contributed by atoms with Crippen LogP contribution in [0.3, 0.4) is 0 Å². The number of hydrogen-bond acceptors (Lipinski definition) is 2. The fraction of sp³-hybridized carbons (Fsp3) is 0.562. The molecule has 0 heterocycles. The first-order valence-electron chi connectivity index (χ1n) is 7.06. The van der Waals surface area contributed by atoms with Gasteiger partial charge in [-0.05, 0) is 38.4 Å². The molecule has 0 fully saturated rings. The molecule has 1 unspecified atom stereocenters. The molecule has 0 saturated carbocycles. The van der Waals surface area contributed by atoms with E-state index in [1.807, 2.05) is 45.2 Å². The smallest absolute Gasteiger partial charge is 0.310 e. The number of carboxylic acid groups (broad SMARTS) is 1. The molecule has 0 spiro atoms. The summed E-state index contributed by atoms with van der Waals surface area (Å²) in [5.74, 6) is -0.722. The lowest BCUT2D eigenvalue weighted by atomic mass is 9.81. The number of carbonyl (C=O) groups is 1. The number of benzene rings is 1. The molecule has 1 aromatic rings. The highest BCUT2D eigenvalue weighted by molar-refractivity contribution is 6.31. The number of halogens is 1. The molecular weight excluding hydrogens is 274 g/mol. The number of aliphatic carboxylic acids is 1. The molecule has 1 atom stereocenters. The van der Waals surface area contributed by atoms with Gasteiger partial charge in [0.1, 0.15) is 0 Å². The monoisotopic (exact) mass is 297 g/mol. The molecule has 3 nitrogen and oxygen atoms in total. The van der Waals surface area contributed by atoms with Crippen molar-refractivity contribution in [1.82, 2.24) is 4.90 Å². The van der Waals surface area contributed by atoms with Crippen LogP contribution in [0.4, 0.5) is 0 Å². The predicted octanol–water partition coefficient (Wildman–Crippen LogP) is 4.22. The average Bonchev–Trinajstić information content (AvgIpc) is 2.44. The van der Waals surface area contributed by atoms with Gasteiger partial charge in [-0.2, -0.15) is 0 Å². The van der Waals surface area contributed by atoms with E-state index in [1.165, 1.54) is 0 Å². The van der Waals surface area contributed by atoms with Gasteiger partial charge in [0.15, 0.2) is 0 Å². The summed E-state index contributed by atoms with van der Waals surface area (Å²) in [6, 6.07) is 7.80. The first-order chi connectivity index (χ1) is 9.38. The van der Waals surface area contributed by atoms with E-state index in [1.54, 1.807) is 0 Å². The highest BCUT2D eigenvalue weighted by Gasteiger charge is 2.37. The predicted molar refractivity (Wildman–Crippen MR) is 83.1 cm³/mol. The third-order valence-corrected chi connectivity index (χ3v) is 4.72. The Morgan fingerprint density at radius 2 is 1.90 bits per heavy atom. The third-order valence-electron chi connectivity index (χ3n) is 4.38. The first-order valence-corrected chi connectivity index (χ1v) is 7.43. The maximum atomic E-state index is 11.6. The summed E-state index contributed by atoms with van der Waals surface area (Å²) in [4.78, 5) is 13.7. The van der Waals surface area contributed by atoms with Crippen molar-refractivity contribution in [3.05, 3.63) is 34.9 Å². The van der Waals surface area contributed by atoms with Crippen molar-refractivity contribution < 1.29 is 9.90 Å². The van der Waals surface area contributed by atoms with Gasteiger partial charge in [-0.25, -0.2) is 0 Å². The molecule has 1 rings (SSSR count). The molecule has 0 aromatic heterocycles. The maximum absolute atomic E-state index is 11.6. The highest BCUT2D eigenvalue weighted by atomic mass is 35.5. The Morgan fingerprint density at radius 3 is 2.35 bits per heavy atom. The summed E-state index contributed by atoms with van der Waals surface area (Å²) in [5, 5.41) is 10.2. The van der Waals surface area contributed by atoms with Crippen LogP contribution in [0.15, 0.2) is 24.3 Å². The molecule has 20 heavy (non-hydrogen) atoms. The molecule has 112 valence electrons. The Balaban J connectivity index is 2.92. The fourth-order valence-corrected chi connectivity index (χ4v) is 2.80. The van der Waals surface area contributed by atoms with Crippen molar-refractivity contribution in [2.75, 3.05) is 13.6 Å². The molecular formula is C16H24ClNO2. The molecule has 1 N–H and O–H groups in total. The zero-order chi connectivity index (χ0) is 15.3. The summed E-state index contributed by atoms with van der Waals surface area (Å²) < 4.78 is 0. The van der Waals surface area contributed by atoms with Crippen molar-refractivity contribution in [2.24, 2.45) is 5.41 Å². The van der Waals surface area contributed by atoms with Crippen LogP contribution in [0.2, 0.25) is 5.02 Å². The summed E-state index contributed by atoms with van der Waals surface area (Å²) in [6.45, 7) is 6.44. The lowest BCUT2D eigenvalue weighted by molar-refractivity contribution is -0.151. The standard InChI is InChI=1S/C16H24ClNO2/c1-5-16(6-2,15(19)20)11-18(4)12(3)13-9-7-8-10-14(13)17/h7-10,12H,5-6,11H2,1-4H3,(H,19,20). The van der Waals surface area contributed by atoms with Crippen molar-refractivity contribution in [1.29, 1.82) is 0 Å². The van der Waals surface area contributed by atoms with Crippen LogP contribution in [-0.2, 0) is 4.79 Å². The van der Waals surface area contributed by atoms with E-state index in [9.17, 15) is 9.90 Å². The van der Waals surface area contributed by atoms with Crippen molar-refractivity contribution in [2.45, 2.75) is 39.7 Å². The van der Waals surface area contributed by atoms with E-state index in [2.05, 4.69) is 11.8 Å². The minimum atomic E-state index is -0.722. The van der Waals surface area contributed by atoms with Crippen LogP contribution in [0, 0.1) is 5.41 Å². The Kier molecular flexibility index (Phi) is 6.03. The normalized spacial score (nSPS) is 13.5. The number of carboxylic acids is 1. The van der Waals surface area contributed by atoms with Crippen LogP contribution in [0.1, 0.15) is 45.2 Å². The molecule has 0 radical (unpaired) electrons. The highest BCUT2D eigenvalue weighted by Crippen LogP contribution is 2.32. The second-order valence-electron chi connectivity index (χ2n) is 5.41. The summed E-state index contributed by atoms with van der Waals surface area (Å²) in [7, 11) is 1.96. The van der Waals surface area contributed by atoms with Gasteiger partial charge < -0.3 is 5.11 Å². The van der Waals surface area contributed by atoms with E-state index in [4.69, 9.17) is 11.6 Å². The van der Waals surface area contributed by atoms with Crippen LogP contribution >= 0.6 is 11.6 Å². The summed E-state index contributed by atoms with van der Waals surface area (Å²) >= 11 is 6.22. The van der Waals surface area contributed by atoms with Gasteiger partial charge in [0.25, 0.3) is 0 Å². The van der Waals surface area contributed by atoms with Gasteiger partial charge in [-0.3, -0.25) is 9.69 Å². The molecule has 0 amide bonds. The lowest BCUT2D eigenvalue weighted by Crippen LogP contribution is -2.42. The Bertz CT molecular complexity index is 458. The summed E-state index contributed by atoms with van der Waals surface area (Å²) in [5.41, 5.74) is 0.340. The first kappa shape index (κ1) is 17.0. The minimum Gasteiger partial charge on any atom is -0.481 e. The van der Waals surface area contributed by atoms with E-state index < -0.39 is 11.4 Å². The van der Waals surface area contributed by atoms with E-state index in [0.29, 0.717) is 19.4 Å². The molecule has 0 aliphatic rings. The van der Waals surface area contributed by atoms with Crippen molar-refractivity contribution in [3.63, 3.8) is 0 Å². The van der Waals surface area contributed by atoms with Crippen LogP contribution in [-0.4, -0.2) is 29.6 Å². The zero-order valence-electron chi connectivity index (χ0n) is 12.7. The molecule has 0 bridgehead atoms. The number of nitrogens with zero attached hydrogens (tertiary/aromatic N) is 1. The molecule has 0 saturated heterocycles.